The van der Waals surface area contributed by atoms with Gasteiger partial charge in [-0.15, -0.1) is 6.58 Å². The van der Waals surface area contributed by atoms with Crippen molar-refractivity contribution in [3.8, 4) is 0 Å². The summed E-state index contributed by atoms with van der Waals surface area (Å²) in [5.41, 5.74) is 0. The van der Waals surface area contributed by atoms with Gasteiger partial charge in [-0.2, -0.15) is 0 Å². The van der Waals surface area contributed by atoms with Gasteiger partial charge in [0.1, 0.15) is 0 Å². The van der Waals surface area contributed by atoms with E-state index in [4.69, 9.17) is 5.11 Å². The number of carboxylic acids is 1. The smallest absolute Gasteiger partial charge is 0.327 e. The Bertz CT molecular complexity index is 194. The van der Waals surface area contributed by atoms with Crippen molar-refractivity contribution in [2.24, 2.45) is 11.8 Å². The Labute approximate surface area is 80.0 Å². The summed E-state index contributed by atoms with van der Waals surface area (Å²) in [6, 6.07) is 0. The van der Waals surface area contributed by atoms with E-state index in [1.165, 1.54) is 6.08 Å². The van der Waals surface area contributed by atoms with E-state index in [2.05, 4.69) is 20.4 Å². The number of rotatable bonds is 6. The molecule has 0 saturated heterocycles. The van der Waals surface area contributed by atoms with E-state index in [9.17, 15) is 4.79 Å². The SMILES string of the molecule is C=CC(CC=CC(=O)O)C(C)CC. The molecule has 0 amide bonds. The van der Waals surface area contributed by atoms with Crippen molar-refractivity contribution in [1.29, 1.82) is 0 Å². The van der Waals surface area contributed by atoms with Crippen LogP contribution in [0.25, 0.3) is 0 Å². The van der Waals surface area contributed by atoms with Gasteiger partial charge < -0.3 is 5.11 Å². The standard InChI is InChI=1S/C11H18O2/c1-4-9(3)10(5-2)7-6-8-11(12)13/h5-6,8-10H,2,4,7H2,1,3H3,(H,12,13). The molecule has 0 rings (SSSR count). The van der Waals surface area contributed by atoms with Crippen molar-refractivity contribution in [2.45, 2.75) is 26.7 Å². The van der Waals surface area contributed by atoms with Crippen molar-refractivity contribution in [3.63, 3.8) is 0 Å². The second kappa shape index (κ2) is 6.46. The molecule has 2 nitrogen and oxygen atoms in total. The Kier molecular flexibility index (Phi) is 5.94. The first-order chi connectivity index (χ1) is 6.11. The van der Waals surface area contributed by atoms with Gasteiger partial charge in [0.15, 0.2) is 0 Å². The fourth-order valence-electron chi connectivity index (χ4n) is 1.19. The average Bonchev–Trinajstić information content (AvgIpc) is 2.11. The third kappa shape index (κ3) is 5.23. The zero-order valence-corrected chi connectivity index (χ0v) is 8.36. The summed E-state index contributed by atoms with van der Waals surface area (Å²) in [5.74, 6) is 0.0727. The van der Waals surface area contributed by atoms with Crippen LogP contribution >= 0.6 is 0 Å². The second-order valence-electron chi connectivity index (χ2n) is 3.26. The summed E-state index contributed by atoms with van der Waals surface area (Å²) in [6.07, 6.45) is 6.66. The summed E-state index contributed by atoms with van der Waals surface area (Å²) in [4.78, 5) is 10.2. The number of hydrogen-bond acceptors (Lipinski definition) is 1. The zero-order chi connectivity index (χ0) is 10.3. The number of aliphatic carboxylic acids is 1. The number of allylic oxidation sites excluding steroid dienone is 2. The molecule has 0 aromatic carbocycles. The lowest BCUT2D eigenvalue weighted by atomic mass is 9.89. The number of carboxylic acid groups (broad SMARTS) is 1. The molecule has 74 valence electrons. The Morgan fingerprint density at radius 1 is 1.62 bits per heavy atom. The maximum Gasteiger partial charge on any atom is 0.327 e. The monoisotopic (exact) mass is 182 g/mol. The van der Waals surface area contributed by atoms with E-state index in [1.807, 2.05) is 6.08 Å². The van der Waals surface area contributed by atoms with Crippen LogP contribution in [-0.4, -0.2) is 11.1 Å². The highest BCUT2D eigenvalue weighted by atomic mass is 16.4. The van der Waals surface area contributed by atoms with Crippen LogP contribution in [0, 0.1) is 11.8 Å². The third-order valence-electron chi connectivity index (χ3n) is 2.35. The van der Waals surface area contributed by atoms with Crippen LogP contribution in [0.1, 0.15) is 26.7 Å². The molecule has 2 unspecified atom stereocenters. The summed E-state index contributed by atoms with van der Waals surface area (Å²) in [5, 5.41) is 8.38. The van der Waals surface area contributed by atoms with Crippen LogP contribution in [0.2, 0.25) is 0 Å². The van der Waals surface area contributed by atoms with E-state index >= 15 is 0 Å². The Morgan fingerprint density at radius 3 is 2.62 bits per heavy atom. The Hall–Kier alpha value is -1.05. The Morgan fingerprint density at radius 2 is 2.23 bits per heavy atom. The molecule has 2 heteroatoms. The van der Waals surface area contributed by atoms with Crippen LogP contribution in [-0.2, 0) is 4.79 Å². The molecule has 0 aromatic heterocycles. The van der Waals surface area contributed by atoms with Crippen LogP contribution in [0.4, 0.5) is 0 Å². The van der Waals surface area contributed by atoms with Crippen molar-refractivity contribution in [3.05, 3.63) is 24.8 Å². The van der Waals surface area contributed by atoms with Gasteiger partial charge in [0.25, 0.3) is 0 Å². The highest BCUT2D eigenvalue weighted by Crippen LogP contribution is 2.20. The lowest BCUT2D eigenvalue weighted by molar-refractivity contribution is -0.131. The minimum absolute atomic E-state index is 0.389. The van der Waals surface area contributed by atoms with Crippen LogP contribution < -0.4 is 0 Å². The van der Waals surface area contributed by atoms with Crippen LogP contribution in [0.5, 0.6) is 0 Å². The van der Waals surface area contributed by atoms with E-state index in [0.29, 0.717) is 11.8 Å². The summed E-state index contributed by atoms with van der Waals surface area (Å²) >= 11 is 0. The van der Waals surface area contributed by atoms with E-state index in [1.54, 1.807) is 6.08 Å². The molecule has 0 aromatic rings. The molecule has 0 aliphatic heterocycles. The zero-order valence-electron chi connectivity index (χ0n) is 8.36. The molecule has 0 spiro atoms. The molecule has 0 saturated carbocycles. The molecule has 2 atom stereocenters. The fourth-order valence-corrected chi connectivity index (χ4v) is 1.19. The largest absolute Gasteiger partial charge is 0.478 e. The van der Waals surface area contributed by atoms with Crippen LogP contribution in [0.3, 0.4) is 0 Å². The first-order valence-electron chi connectivity index (χ1n) is 4.63. The summed E-state index contributed by atoms with van der Waals surface area (Å²) < 4.78 is 0. The summed E-state index contributed by atoms with van der Waals surface area (Å²) in [6.45, 7) is 8.03. The van der Waals surface area contributed by atoms with Crippen molar-refractivity contribution >= 4 is 5.97 Å². The molecule has 0 fully saturated rings. The molecule has 0 radical (unpaired) electrons. The van der Waals surface area contributed by atoms with Crippen molar-refractivity contribution < 1.29 is 9.90 Å². The van der Waals surface area contributed by atoms with Crippen molar-refractivity contribution in [1.82, 2.24) is 0 Å². The first-order valence-corrected chi connectivity index (χ1v) is 4.63. The van der Waals surface area contributed by atoms with Gasteiger partial charge in [0, 0.05) is 6.08 Å². The van der Waals surface area contributed by atoms with E-state index in [0.717, 1.165) is 12.8 Å². The molecule has 13 heavy (non-hydrogen) atoms. The summed E-state index contributed by atoms with van der Waals surface area (Å²) in [7, 11) is 0. The quantitative estimate of drug-likeness (QED) is 0.506. The highest BCUT2D eigenvalue weighted by molar-refractivity contribution is 5.79. The van der Waals surface area contributed by atoms with Gasteiger partial charge >= 0.3 is 5.97 Å². The first kappa shape index (κ1) is 11.9. The van der Waals surface area contributed by atoms with Gasteiger partial charge in [-0.1, -0.05) is 32.4 Å². The van der Waals surface area contributed by atoms with Gasteiger partial charge in [-0.25, -0.2) is 4.79 Å². The van der Waals surface area contributed by atoms with Crippen LogP contribution in [0.15, 0.2) is 24.8 Å². The van der Waals surface area contributed by atoms with E-state index in [-0.39, 0.29) is 0 Å². The lowest BCUT2D eigenvalue weighted by Gasteiger charge is -2.16. The van der Waals surface area contributed by atoms with Gasteiger partial charge in [0.2, 0.25) is 0 Å². The maximum atomic E-state index is 10.2. The van der Waals surface area contributed by atoms with Gasteiger partial charge in [0.05, 0.1) is 0 Å². The Balaban J connectivity index is 3.98. The number of hydrogen-bond donors (Lipinski definition) is 1. The molecular formula is C11H18O2. The predicted molar refractivity (Wildman–Crippen MR) is 54.5 cm³/mol. The topological polar surface area (TPSA) is 37.3 Å². The maximum absolute atomic E-state index is 10.2. The predicted octanol–water partition coefficient (Wildman–Crippen LogP) is 2.87. The molecule has 1 N–H and O–H groups in total. The molecule has 0 aliphatic carbocycles. The molecular weight excluding hydrogens is 164 g/mol. The minimum Gasteiger partial charge on any atom is -0.478 e. The number of carbonyl (C=O) groups is 1. The highest BCUT2D eigenvalue weighted by Gasteiger charge is 2.09. The minimum atomic E-state index is -0.882. The third-order valence-corrected chi connectivity index (χ3v) is 2.35. The van der Waals surface area contributed by atoms with Gasteiger partial charge in [-0.3, -0.25) is 0 Å². The molecule has 0 heterocycles. The molecule has 0 aliphatic rings. The average molecular weight is 182 g/mol. The lowest BCUT2D eigenvalue weighted by Crippen LogP contribution is -2.06. The second-order valence-corrected chi connectivity index (χ2v) is 3.26. The van der Waals surface area contributed by atoms with E-state index < -0.39 is 5.97 Å². The normalized spacial score (nSPS) is 15.5. The van der Waals surface area contributed by atoms with Crippen molar-refractivity contribution in [2.75, 3.05) is 0 Å². The van der Waals surface area contributed by atoms with Gasteiger partial charge in [-0.05, 0) is 18.3 Å². The fraction of sp³-hybridized carbons (Fsp3) is 0.545. The molecule has 0 bridgehead atoms.